The van der Waals surface area contributed by atoms with Gasteiger partial charge in [0.1, 0.15) is 6.04 Å². The van der Waals surface area contributed by atoms with Crippen molar-refractivity contribution in [3.63, 3.8) is 0 Å². The molecule has 0 saturated carbocycles. The monoisotopic (exact) mass is 221 g/mol. The lowest BCUT2D eigenvalue weighted by atomic mass is 10.0. The van der Waals surface area contributed by atoms with Gasteiger partial charge in [-0.25, -0.2) is 4.98 Å². The van der Waals surface area contributed by atoms with Gasteiger partial charge in [0.2, 0.25) is 5.91 Å². The number of aromatic nitrogens is 2. The van der Waals surface area contributed by atoms with Gasteiger partial charge in [-0.2, -0.15) is 0 Å². The zero-order valence-corrected chi connectivity index (χ0v) is 9.99. The number of nitrogens with one attached hydrogen (secondary N) is 1. The Kier molecular flexibility index (Phi) is 3.27. The van der Waals surface area contributed by atoms with Crippen molar-refractivity contribution in [2.45, 2.75) is 45.6 Å². The normalized spacial score (nSPS) is 16.6. The van der Waals surface area contributed by atoms with Crippen molar-refractivity contribution in [1.82, 2.24) is 14.9 Å². The Morgan fingerprint density at radius 2 is 2.31 bits per heavy atom. The van der Waals surface area contributed by atoms with Gasteiger partial charge in [0.15, 0.2) is 0 Å². The summed E-state index contributed by atoms with van der Waals surface area (Å²) in [6, 6.07) is -0.144. The van der Waals surface area contributed by atoms with Crippen LogP contribution in [-0.4, -0.2) is 22.0 Å². The molecule has 1 N–H and O–H groups in total. The van der Waals surface area contributed by atoms with E-state index in [2.05, 4.69) is 10.3 Å². The molecule has 1 aromatic rings. The largest absolute Gasteiger partial charge is 0.355 e. The maximum atomic E-state index is 11.8. The minimum absolute atomic E-state index is 0.0771. The Morgan fingerprint density at radius 3 is 3.06 bits per heavy atom. The van der Waals surface area contributed by atoms with Crippen LogP contribution in [-0.2, 0) is 17.6 Å². The van der Waals surface area contributed by atoms with Crippen LogP contribution in [0, 0.1) is 0 Å². The summed E-state index contributed by atoms with van der Waals surface area (Å²) in [5.74, 6) is 0.0771. The summed E-state index contributed by atoms with van der Waals surface area (Å²) in [5, 5.41) is 2.85. The molecule has 0 radical (unpaired) electrons. The molecule has 1 atom stereocenters. The van der Waals surface area contributed by atoms with Gasteiger partial charge in [0.25, 0.3) is 0 Å². The van der Waals surface area contributed by atoms with Gasteiger partial charge in [0, 0.05) is 12.2 Å². The second kappa shape index (κ2) is 4.68. The fourth-order valence-electron chi connectivity index (χ4n) is 2.27. The van der Waals surface area contributed by atoms with Crippen LogP contribution < -0.4 is 5.32 Å². The third-order valence-corrected chi connectivity index (χ3v) is 3.21. The number of hydrogen-bond donors (Lipinski definition) is 1. The van der Waals surface area contributed by atoms with Crippen molar-refractivity contribution in [3.05, 3.63) is 17.7 Å². The lowest BCUT2D eigenvalue weighted by molar-refractivity contribution is -0.123. The number of fused-ring (bicyclic) bond motifs is 1. The molecule has 88 valence electrons. The van der Waals surface area contributed by atoms with Gasteiger partial charge in [0.05, 0.1) is 12.0 Å². The minimum atomic E-state index is -0.144. The van der Waals surface area contributed by atoms with Crippen molar-refractivity contribution in [1.29, 1.82) is 0 Å². The molecule has 4 nitrogen and oxygen atoms in total. The average molecular weight is 221 g/mol. The first-order valence-corrected chi connectivity index (χ1v) is 6.06. The van der Waals surface area contributed by atoms with E-state index in [1.807, 2.05) is 24.7 Å². The van der Waals surface area contributed by atoms with Crippen LogP contribution in [0.1, 0.15) is 44.1 Å². The van der Waals surface area contributed by atoms with Gasteiger partial charge >= 0.3 is 0 Å². The van der Waals surface area contributed by atoms with E-state index in [0.717, 1.165) is 12.8 Å². The number of carbonyl (C=O) groups excluding carboxylic acids is 1. The van der Waals surface area contributed by atoms with Crippen LogP contribution >= 0.6 is 0 Å². The van der Waals surface area contributed by atoms with Gasteiger partial charge < -0.3 is 9.88 Å². The van der Waals surface area contributed by atoms with Gasteiger partial charge in [-0.15, -0.1) is 0 Å². The lowest BCUT2D eigenvalue weighted by Gasteiger charge is -2.18. The standard InChI is InChI=1S/C12H19N3O/c1-3-13-12(16)9(2)15-8-14-10-6-4-5-7-11(10)15/h8-9H,3-7H2,1-2H3,(H,13,16). The summed E-state index contributed by atoms with van der Waals surface area (Å²) < 4.78 is 2.03. The van der Waals surface area contributed by atoms with Crippen LogP contribution in [0.5, 0.6) is 0 Å². The van der Waals surface area contributed by atoms with E-state index in [1.54, 1.807) is 0 Å². The molecule has 2 rings (SSSR count). The lowest BCUT2D eigenvalue weighted by Crippen LogP contribution is -2.31. The van der Waals surface area contributed by atoms with E-state index in [0.29, 0.717) is 6.54 Å². The molecule has 16 heavy (non-hydrogen) atoms. The molecular weight excluding hydrogens is 202 g/mol. The number of nitrogens with zero attached hydrogens (tertiary/aromatic N) is 2. The zero-order valence-electron chi connectivity index (χ0n) is 9.99. The molecule has 0 aromatic carbocycles. The molecule has 0 fully saturated rings. The third-order valence-electron chi connectivity index (χ3n) is 3.21. The smallest absolute Gasteiger partial charge is 0.242 e. The van der Waals surface area contributed by atoms with Gasteiger partial charge in [-0.05, 0) is 39.5 Å². The fourth-order valence-corrected chi connectivity index (χ4v) is 2.27. The van der Waals surface area contributed by atoms with Crippen LogP contribution in [0.2, 0.25) is 0 Å². The number of rotatable bonds is 3. The van der Waals surface area contributed by atoms with Crippen molar-refractivity contribution in [2.24, 2.45) is 0 Å². The molecule has 1 aliphatic rings. The first-order chi connectivity index (χ1) is 7.74. The van der Waals surface area contributed by atoms with Crippen LogP contribution in [0.4, 0.5) is 0 Å². The van der Waals surface area contributed by atoms with Crippen molar-refractivity contribution in [2.75, 3.05) is 6.54 Å². The number of hydrogen-bond acceptors (Lipinski definition) is 2. The number of aryl methyl sites for hydroxylation is 1. The Hall–Kier alpha value is -1.32. The Balaban J connectivity index is 2.20. The van der Waals surface area contributed by atoms with E-state index >= 15 is 0 Å². The highest BCUT2D eigenvalue weighted by molar-refractivity contribution is 5.79. The maximum absolute atomic E-state index is 11.8. The molecular formula is C12H19N3O. The van der Waals surface area contributed by atoms with Gasteiger partial charge in [-0.3, -0.25) is 4.79 Å². The highest BCUT2D eigenvalue weighted by Crippen LogP contribution is 2.22. The van der Waals surface area contributed by atoms with E-state index < -0.39 is 0 Å². The third kappa shape index (κ3) is 1.96. The molecule has 1 aliphatic carbocycles. The first-order valence-electron chi connectivity index (χ1n) is 6.06. The van der Waals surface area contributed by atoms with Crippen LogP contribution in [0.25, 0.3) is 0 Å². The van der Waals surface area contributed by atoms with Crippen LogP contribution in [0.3, 0.4) is 0 Å². The zero-order chi connectivity index (χ0) is 11.5. The molecule has 1 heterocycles. The van der Waals surface area contributed by atoms with E-state index in [9.17, 15) is 4.79 Å². The molecule has 0 saturated heterocycles. The Bertz CT molecular complexity index is 384. The average Bonchev–Trinajstić information content (AvgIpc) is 2.72. The SMILES string of the molecule is CCNC(=O)C(C)n1cnc2c1CCCC2. The summed E-state index contributed by atoms with van der Waals surface area (Å²) in [6.45, 7) is 4.55. The first kappa shape index (κ1) is 11.2. The molecule has 1 amide bonds. The highest BCUT2D eigenvalue weighted by atomic mass is 16.2. The number of carbonyl (C=O) groups is 1. The Labute approximate surface area is 96.1 Å². The predicted molar refractivity (Wildman–Crippen MR) is 62.3 cm³/mol. The summed E-state index contributed by atoms with van der Waals surface area (Å²) in [6.07, 6.45) is 6.36. The molecule has 4 heteroatoms. The number of amides is 1. The topological polar surface area (TPSA) is 46.9 Å². The van der Waals surface area contributed by atoms with Crippen molar-refractivity contribution < 1.29 is 4.79 Å². The second-order valence-electron chi connectivity index (χ2n) is 4.32. The summed E-state index contributed by atoms with van der Waals surface area (Å²) in [7, 11) is 0. The predicted octanol–water partition coefficient (Wildman–Crippen LogP) is 1.46. The summed E-state index contributed by atoms with van der Waals surface area (Å²) in [5.41, 5.74) is 2.44. The van der Waals surface area contributed by atoms with Crippen molar-refractivity contribution in [3.8, 4) is 0 Å². The second-order valence-corrected chi connectivity index (χ2v) is 4.32. The van der Waals surface area contributed by atoms with Gasteiger partial charge in [-0.1, -0.05) is 0 Å². The Morgan fingerprint density at radius 1 is 1.56 bits per heavy atom. The molecule has 1 aromatic heterocycles. The minimum Gasteiger partial charge on any atom is -0.355 e. The fraction of sp³-hybridized carbons (Fsp3) is 0.667. The molecule has 1 unspecified atom stereocenters. The van der Waals surface area contributed by atoms with Crippen molar-refractivity contribution >= 4 is 5.91 Å². The molecule has 0 spiro atoms. The quantitative estimate of drug-likeness (QED) is 0.840. The number of imidazole rings is 1. The van der Waals surface area contributed by atoms with E-state index in [1.165, 1.54) is 24.2 Å². The summed E-state index contributed by atoms with van der Waals surface area (Å²) >= 11 is 0. The van der Waals surface area contributed by atoms with E-state index in [-0.39, 0.29) is 11.9 Å². The van der Waals surface area contributed by atoms with Crippen LogP contribution in [0.15, 0.2) is 6.33 Å². The molecule has 0 bridgehead atoms. The number of likely N-dealkylation sites (N-methyl/N-ethyl adjacent to an activating group) is 1. The maximum Gasteiger partial charge on any atom is 0.242 e. The highest BCUT2D eigenvalue weighted by Gasteiger charge is 2.21. The summed E-state index contributed by atoms with van der Waals surface area (Å²) in [4.78, 5) is 16.2. The van der Waals surface area contributed by atoms with E-state index in [4.69, 9.17) is 0 Å². The molecule has 0 aliphatic heterocycles.